The average Bonchev–Trinajstić information content (AvgIpc) is 2.91. The molecule has 0 saturated carbocycles. The van der Waals surface area contributed by atoms with E-state index in [0.29, 0.717) is 0 Å². The largest absolute Gasteiger partial charge is 0.409 e. The lowest BCUT2D eigenvalue weighted by Crippen LogP contribution is -2.14. The van der Waals surface area contributed by atoms with Gasteiger partial charge in [0.2, 0.25) is 0 Å². The Bertz CT molecular complexity index is 628. The molecule has 0 fully saturated rings. The Kier molecular flexibility index (Phi) is 3.97. The van der Waals surface area contributed by atoms with Crippen molar-refractivity contribution < 1.29 is 10.1 Å². The number of pyridine rings is 1. The lowest BCUT2D eigenvalue weighted by Gasteiger charge is -2.02. The topological polar surface area (TPSA) is 115 Å². The van der Waals surface area contributed by atoms with Gasteiger partial charge in [-0.1, -0.05) is 23.0 Å². The fraction of sp³-hybridized carbons (Fsp3) is 0. The minimum absolute atomic E-state index is 0.178. The Morgan fingerprint density at radius 2 is 2.42 bits per heavy atom. The molecular weight excluding hydrogens is 288 g/mol. The van der Waals surface area contributed by atoms with Crippen molar-refractivity contribution in [2.45, 2.75) is 9.24 Å². The Morgan fingerprint density at radius 1 is 1.63 bits per heavy atom. The average molecular weight is 296 g/mol. The molecule has 0 radical (unpaired) electrons. The number of hydrogen-bond donors (Lipinski definition) is 2. The number of oxime groups is 1. The van der Waals surface area contributed by atoms with Gasteiger partial charge >= 0.3 is 5.69 Å². The van der Waals surface area contributed by atoms with Crippen LogP contribution in [0.25, 0.3) is 0 Å². The Morgan fingerprint density at radius 3 is 3.00 bits per heavy atom. The molecule has 2 rings (SSSR count). The SMILES string of the molecule is N/C(=N/O)c1cnc(Sc2cccs2)c([N+](=O)[O-])c1. The van der Waals surface area contributed by atoms with Crippen molar-refractivity contribution in [1.29, 1.82) is 0 Å². The summed E-state index contributed by atoms with van der Waals surface area (Å²) in [6.45, 7) is 0. The van der Waals surface area contributed by atoms with Crippen LogP contribution in [0.3, 0.4) is 0 Å². The minimum atomic E-state index is -0.545. The van der Waals surface area contributed by atoms with Gasteiger partial charge in [-0.3, -0.25) is 10.1 Å². The van der Waals surface area contributed by atoms with E-state index in [1.807, 2.05) is 17.5 Å². The highest BCUT2D eigenvalue weighted by Crippen LogP contribution is 2.35. The first kappa shape index (κ1) is 13.3. The van der Waals surface area contributed by atoms with Crippen LogP contribution in [0.2, 0.25) is 0 Å². The van der Waals surface area contributed by atoms with E-state index in [9.17, 15) is 10.1 Å². The number of nitrogens with zero attached hydrogens (tertiary/aromatic N) is 3. The van der Waals surface area contributed by atoms with Gasteiger partial charge in [-0.25, -0.2) is 4.98 Å². The standard InChI is InChI=1S/C10H8N4O3S2/c11-9(13-15)6-4-7(14(16)17)10(12-5-6)19-8-2-1-3-18-8/h1-5,15H,(H2,11,13). The number of rotatable bonds is 4. The highest BCUT2D eigenvalue weighted by Gasteiger charge is 2.19. The normalized spacial score (nSPS) is 11.5. The smallest absolute Gasteiger partial charge is 0.302 e. The highest BCUT2D eigenvalue weighted by atomic mass is 32.2. The maximum absolute atomic E-state index is 11.0. The first-order valence-corrected chi connectivity index (χ1v) is 6.65. The van der Waals surface area contributed by atoms with E-state index < -0.39 is 4.92 Å². The second kappa shape index (κ2) is 5.67. The maximum atomic E-state index is 11.0. The molecule has 0 aliphatic heterocycles. The summed E-state index contributed by atoms with van der Waals surface area (Å²) in [7, 11) is 0. The van der Waals surface area contributed by atoms with Crippen LogP contribution in [0.5, 0.6) is 0 Å². The number of nitrogens with two attached hydrogens (primary N) is 1. The summed E-state index contributed by atoms with van der Waals surface area (Å²) in [4.78, 5) is 14.5. The Hall–Kier alpha value is -2.13. The van der Waals surface area contributed by atoms with Crippen molar-refractivity contribution >= 4 is 34.6 Å². The van der Waals surface area contributed by atoms with Crippen LogP contribution in [-0.4, -0.2) is 21.0 Å². The van der Waals surface area contributed by atoms with Gasteiger partial charge in [0.1, 0.15) is 0 Å². The van der Waals surface area contributed by atoms with Crippen LogP contribution >= 0.6 is 23.1 Å². The van der Waals surface area contributed by atoms with Gasteiger partial charge in [-0.05, 0) is 11.4 Å². The Balaban J connectivity index is 2.41. The van der Waals surface area contributed by atoms with Gasteiger partial charge < -0.3 is 10.9 Å². The molecule has 7 nitrogen and oxygen atoms in total. The molecule has 0 amide bonds. The summed E-state index contributed by atoms with van der Waals surface area (Å²) in [5.41, 5.74) is 5.40. The monoisotopic (exact) mass is 296 g/mol. The van der Waals surface area contributed by atoms with E-state index in [1.165, 1.54) is 35.4 Å². The lowest BCUT2D eigenvalue weighted by molar-refractivity contribution is -0.388. The van der Waals surface area contributed by atoms with Gasteiger partial charge in [0.25, 0.3) is 0 Å². The molecule has 0 unspecified atom stereocenters. The highest BCUT2D eigenvalue weighted by molar-refractivity contribution is 8.01. The quantitative estimate of drug-likeness (QED) is 0.294. The van der Waals surface area contributed by atoms with Gasteiger partial charge in [-0.2, -0.15) is 0 Å². The summed E-state index contributed by atoms with van der Waals surface area (Å²) in [6.07, 6.45) is 1.33. The molecule has 2 aromatic heterocycles. The van der Waals surface area contributed by atoms with Crippen LogP contribution in [-0.2, 0) is 0 Å². The second-order valence-corrected chi connectivity index (χ2v) is 5.56. The van der Waals surface area contributed by atoms with E-state index in [4.69, 9.17) is 10.9 Å². The first-order valence-electron chi connectivity index (χ1n) is 4.95. The molecule has 2 aromatic rings. The van der Waals surface area contributed by atoms with Crippen molar-refractivity contribution in [2.75, 3.05) is 0 Å². The van der Waals surface area contributed by atoms with Gasteiger partial charge in [-0.15, -0.1) is 11.3 Å². The summed E-state index contributed by atoms with van der Waals surface area (Å²) in [5, 5.41) is 24.5. The van der Waals surface area contributed by atoms with E-state index in [2.05, 4.69) is 10.1 Å². The number of hydrogen-bond acceptors (Lipinski definition) is 7. The number of thiophene rings is 1. The van der Waals surface area contributed by atoms with Gasteiger partial charge in [0, 0.05) is 17.8 Å². The summed E-state index contributed by atoms with van der Waals surface area (Å²) < 4.78 is 0.896. The number of aromatic nitrogens is 1. The third-order valence-electron chi connectivity index (χ3n) is 2.12. The maximum Gasteiger partial charge on any atom is 0.302 e. The summed E-state index contributed by atoms with van der Waals surface area (Å²) >= 11 is 2.66. The van der Waals surface area contributed by atoms with E-state index in [1.54, 1.807) is 0 Å². The van der Waals surface area contributed by atoms with Crippen molar-refractivity contribution in [3.05, 3.63) is 45.5 Å². The van der Waals surface area contributed by atoms with Crippen molar-refractivity contribution in [1.82, 2.24) is 4.98 Å². The molecule has 19 heavy (non-hydrogen) atoms. The molecule has 2 heterocycles. The summed E-state index contributed by atoms with van der Waals surface area (Å²) in [5.74, 6) is -0.219. The third kappa shape index (κ3) is 3.01. The molecule has 0 aromatic carbocycles. The molecule has 3 N–H and O–H groups in total. The fourth-order valence-electron chi connectivity index (χ4n) is 1.26. The molecule has 0 aliphatic carbocycles. The lowest BCUT2D eigenvalue weighted by atomic mass is 10.2. The first-order chi connectivity index (χ1) is 9.11. The molecule has 0 atom stereocenters. The van der Waals surface area contributed by atoms with Crippen molar-refractivity contribution in [3.63, 3.8) is 0 Å². The molecule has 9 heteroatoms. The molecular formula is C10H8N4O3S2. The number of nitro groups is 1. The zero-order valence-corrected chi connectivity index (χ0v) is 11.0. The van der Waals surface area contributed by atoms with E-state index in [-0.39, 0.29) is 22.1 Å². The van der Waals surface area contributed by atoms with Crippen molar-refractivity contribution in [3.8, 4) is 0 Å². The Labute approximate surface area is 115 Å². The predicted octanol–water partition coefficient (Wildman–Crippen LogP) is 2.30. The zero-order valence-electron chi connectivity index (χ0n) is 9.39. The van der Waals surface area contributed by atoms with Crippen molar-refractivity contribution in [2.24, 2.45) is 10.9 Å². The van der Waals surface area contributed by atoms with E-state index in [0.717, 1.165) is 4.21 Å². The second-order valence-electron chi connectivity index (χ2n) is 3.32. The third-order valence-corrected chi connectivity index (χ3v) is 4.17. The van der Waals surface area contributed by atoms with Gasteiger partial charge in [0.15, 0.2) is 10.9 Å². The zero-order chi connectivity index (χ0) is 13.8. The van der Waals surface area contributed by atoms with Crippen LogP contribution in [0, 0.1) is 10.1 Å². The number of amidine groups is 1. The molecule has 0 bridgehead atoms. The molecule has 0 saturated heterocycles. The van der Waals surface area contributed by atoms with Crippen LogP contribution in [0.1, 0.15) is 5.56 Å². The molecule has 0 spiro atoms. The minimum Gasteiger partial charge on any atom is -0.409 e. The molecule has 0 aliphatic rings. The predicted molar refractivity (Wildman–Crippen MR) is 71.8 cm³/mol. The van der Waals surface area contributed by atoms with E-state index >= 15 is 0 Å². The molecule has 98 valence electrons. The van der Waals surface area contributed by atoms with Crippen LogP contribution in [0.4, 0.5) is 5.69 Å². The van der Waals surface area contributed by atoms with Gasteiger partial charge in [0.05, 0.1) is 9.13 Å². The fourth-order valence-corrected chi connectivity index (χ4v) is 2.99. The summed E-state index contributed by atoms with van der Waals surface area (Å²) in [6, 6.07) is 4.93. The van der Waals surface area contributed by atoms with Crippen LogP contribution < -0.4 is 5.73 Å². The van der Waals surface area contributed by atoms with Crippen LogP contribution in [0.15, 0.2) is 44.2 Å².